The third-order valence-electron chi connectivity index (χ3n) is 3.11. The Bertz CT molecular complexity index is 766. The van der Waals surface area contributed by atoms with Crippen LogP contribution in [0.3, 0.4) is 0 Å². The van der Waals surface area contributed by atoms with Gasteiger partial charge < -0.3 is 10.1 Å². The fourth-order valence-electron chi connectivity index (χ4n) is 1.88. The van der Waals surface area contributed by atoms with Gasteiger partial charge in [-0.05, 0) is 23.9 Å². The van der Waals surface area contributed by atoms with Crippen LogP contribution in [0.15, 0.2) is 28.4 Å². The molecular weight excluding hydrogens is 318 g/mol. The van der Waals surface area contributed by atoms with Gasteiger partial charge in [-0.15, -0.1) is 11.3 Å². The van der Waals surface area contributed by atoms with Gasteiger partial charge in [-0.25, -0.2) is 9.48 Å². The summed E-state index contributed by atoms with van der Waals surface area (Å²) in [5.41, 5.74) is 0.225. The number of esters is 1. The van der Waals surface area contributed by atoms with Crippen LogP contribution in [0.25, 0.3) is 0 Å². The molecule has 0 aliphatic heterocycles. The van der Waals surface area contributed by atoms with Gasteiger partial charge >= 0.3 is 5.97 Å². The first-order chi connectivity index (χ1) is 11.1. The van der Waals surface area contributed by atoms with E-state index in [4.69, 9.17) is 0 Å². The number of hydrogen-bond donors (Lipinski definition) is 1. The van der Waals surface area contributed by atoms with Gasteiger partial charge in [0.05, 0.1) is 12.8 Å². The molecule has 0 aliphatic carbocycles. The van der Waals surface area contributed by atoms with Crippen LogP contribution in [0.5, 0.6) is 0 Å². The highest BCUT2D eigenvalue weighted by molar-refractivity contribution is 7.12. The standard InChI is InChI=1S/C15H17N3O4S/c1-3-4-8-18-12(19)6-5-11(17-18)14(20)16-10-7-9-23-13(10)15(21)22-2/h5-7,9H,3-4,8H2,1-2H3,(H,16,20). The molecule has 8 heteroatoms. The number of carbonyl (C=O) groups is 2. The molecule has 0 atom stereocenters. The fraction of sp³-hybridized carbons (Fsp3) is 0.333. The molecule has 0 spiro atoms. The summed E-state index contributed by atoms with van der Waals surface area (Å²) in [5.74, 6) is -1.00. The van der Waals surface area contributed by atoms with Crippen LogP contribution in [-0.4, -0.2) is 28.8 Å². The number of hydrogen-bond acceptors (Lipinski definition) is 6. The monoisotopic (exact) mass is 335 g/mol. The minimum atomic E-state index is -0.517. The van der Waals surface area contributed by atoms with Crippen molar-refractivity contribution in [2.24, 2.45) is 0 Å². The van der Waals surface area contributed by atoms with Crippen LogP contribution in [-0.2, 0) is 11.3 Å². The third-order valence-corrected chi connectivity index (χ3v) is 4.00. The molecule has 7 nitrogen and oxygen atoms in total. The number of unbranched alkanes of at least 4 members (excludes halogenated alkanes) is 1. The van der Waals surface area contributed by atoms with Gasteiger partial charge in [-0.2, -0.15) is 5.10 Å². The van der Waals surface area contributed by atoms with Crippen molar-refractivity contribution in [2.75, 3.05) is 12.4 Å². The molecule has 122 valence electrons. The maximum Gasteiger partial charge on any atom is 0.350 e. The Kier molecular flexibility index (Phi) is 5.64. The van der Waals surface area contributed by atoms with Crippen LogP contribution in [0.1, 0.15) is 39.9 Å². The molecule has 1 N–H and O–H groups in total. The second-order valence-corrected chi connectivity index (χ2v) is 5.66. The van der Waals surface area contributed by atoms with E-state index in [0.29, 0.717) is 17.1 Å². The summed E-state index contributed by atoms with van der Waals surface area (Å²) in [6.07, 6.45) is 1.72. The molecule has 0 radical (unpaired) electrons. The highest BCUT2D eigenvalue weighted by Gasteiger charge is 2.17. The second kappa shape index (κ2) is 7.68. The molecule has 2 aromatic rings. The minimum Gasteiger partial charge on any atom is -0.465 e. The summed E-state index contributed by atoms with van der Waals surface area (Å²) in [5, 5.41) is 8.36. The van der Waals surface area contributed by atoms with Gasteiger partial charge in [0, 0.05) is 12.6 Å². The lowest BCUT2D eigenvalue weighted by molar-refractivity contribution is 0.0607. The Balaban J connectivity index is 2.20. The van der Waals surface area contributed by atoms with E-state index in [1.807, 2.05) is 6.92 Å². The number of methoxy groups -OCH3 is 1. The van der Waals surface area contributed by atoms with E-state index in [1.165, 1.54) is 35.3 Å². The number of aromatic nitrogens is 2. The van der Waals surface area contributed by atoms with E-state index >= 15 is 0 Å². The Hall–Kier alpha value is -2.48. The average Bonchev–Trinajstić information content (AvgIpc) is 3.01. The number of thiophene rings is 1. The van der Waals surface area contributed by atoms with E-state index in [9.17, 15) is 14.4 Å². The van der Waals surface area contributed by atoms with Crippen LogP contribution >= 0.6 is 11.3 Å². The number of aryl methyl sites for hydroxylation is 1. The fourth-order valence-corrected chi connectivity index (χ4v) is 2.65. The van der Waals surface area contributed by atoms with Crippen molar-refractivity contribution in [3.05, 3.63) is 44.5 Å². The summed E-state index contributed by atoms with van der Waals surface area (Å²) in [6.45, 7) is 2.47. The number of ether oxygens (including phenoxy) is 1. The van der Waals surface area contributed by atoms with Crippen molar-refractivity contribution < 1.29 is 14.3 Å². The van der Waals surface area contributed by atoms with Gasteiger partial charge in [-0.3, -0.25) is 9.59 Å². The second-order valence-electron chi connectivity index (χ2n) is 4.74. The molecule has 0 fully saturated rings. The van der Waals surface area contributed by atoms with Crippen molar-refractivity contribution in [1.29, 1.82) is 0 Å². The van der Waals surface area contributed by atoms with Gasteiger partial charge in [0.25, 0.3) is 11.5 Å². The van der Waals surface area contributed by atoms with Crippen LogP contribution in [0.2, 0.25) is 0 Å². The molecule has 0 aliphatic rings. The quantitative estimate of drug-likeness (QED) is 0.817. The van der Waals surface area contributed by atoms with Gasteiger partial charge in [0.2, 0.25) is 0 Å². The van der Waals surface area contributed by atoms with Crippen molar-refractivity contribution in [3.63, 3.8) is 0 Å². The maximum atomic E-state index is 12.3. The summed E-state index contributed by atoms with van der Waals surface area (Å²) < 4.78 is 5.93. The summed E-state index contributed by atoms with van der Waals surface area (Å²) in [7, 11) is 1.28. The SMILES string of the molecule is CCCCn1nc(C(=O)Nc2ccsc2C(=O)OC)ccc1=O. The van der Waals surface area contributed by atoms with Crippen molar-refractivity contribution in [1.82, 2.24) is 9.78 Å². The molecule has 0 bridgehead atoms. The first-order valence-electron chi connectivity index (χ1n) is 7.12. The zero-order valence-corrected chi connectivity index (χ0v) is 13.7. The van der Waals surface area contributed by atoms with E-state index in [0.717, 1.165) is 12.8 Å². The topological polar surface area (TPSA) is 90.3 Å². The van der Waals surface area contributed by atoms with Crippen LogP contribution < -0.4 is 10.9 Å². The number of rotatable bonds is 6. The summed E-state index contributed by atoms with van der Waals surface area (Å²) >= 11 is 1.17. The molecule has 0 saturated carbocycles. The Labute approximate surface area is 136 Å². The highest BCUT2D eigenvalue weighted by Crippen LogP contribution is 2.23. The van der Waals surface area contributed by atoms with Crippen molar-refractivity contribution in [3.8, 4) is 0 Å². The maximum absolute atomic E-state index is 12.3. The zero-order valence-electron chi connectivity index (χ0n) is 12.9. The van der Waals surface area contributed by atoms with E-state index < -0.39 is 11.9 Å². The molecular formula is C15H17N3O4S. The lowest BCUT2D eigenvalue weighted by Crippen LogP contribution is -2.26. The predicted octanol–water partition coefficient (Wildman–Crippen LogP) is 2.14. The number of anilines is 1. The van der Waals surface area contributed by atoms with E-state index in [2.05, 4.69) is 15.2 Å². The smallest absolute Gasteiger partial charge is 0.350 e. The number of nitrogens with one attached hydrogen (secondary N) is 1. The normalized spacial score (nSPS) is 10.3. The lowest BCUT2D eigenvalue weighted by atomic mass is 10.3. The minimum absolute atomic E-state index is 0.114. The number of carbonyl (C=O) groups excluding carboxylic acids is 2. The molecule has 2 aromatic heterocycles. The highest BCUT2D eigenvalue weighted by atomic mass is 32.1. The molecule has 2 rings (SSSR count). The zero-order chi connectivity index (χ0) is 16.8. The Morgan fingerprint density at radius 3 is 2.83 bits per heavy atom. The number of nitrogens with zero attached hydrogens (tertiary/aromatic N) is 2. The van der Waals surface area contributed by atoms with E-state index in [1.54, 1.807) is 11.4 Å². The Morgan fingerprint density at radius 2 is 2.13 bits per heavy atom. The molecule has 1 amide bonds. The number of amides is 1. The summed E-state index contributed by atoms with van der Waals surface area (Å²) in [6, 6.07) is 4.29. The van der Waals surface area contributed by atoms with Crippen molar-refractivity contribution in [2.45, 2.75) is 26.3 Å². The van der Waals surface area contributed by atoms with Crippen molar-refractivity contribution >= 4 is 28.9 Å². The van der Waals surface area contributed by atoms with Gasteiger partial charge in [0.1, 0.15) is 10.6 Å². The first kappa shape index (κ1) is 16.9. The first-order valence-corrected chi connectivity index (χ1v) is 8.00. The largest absolute Gasteiger partial charge is 0.465 e. The van der Waals surface area contributed by atoms with Gasteiger partial charge in [-0.1, -0.05) is 13.3 Å². The third kappa shape index (κ3) is 4.04. The van der Waals surface area contributed by atoms with Gasteiger partial charge in [0.15, 0.2) is 0 Å². The lowest BCUT2D eigenvalue weighted by Gasteiger charge is -2.07. The predicted molar refractivity (Wildman–Crippen MR) is 87.0 cm³/mol. The molecule has 0 unspecified atom stereocenters. The molecule has 0 saturated heterocycles. The average molecular weight is 335 g/mol. The molecule has 23 heavy (non-hydrogen) atoms. The molecule has 2 heterocycles. The molecule has 0 aromatic carbocycles. The van der Waals surface area contributed by atoms with E-state index in [-0.39, 0.29) is 11.3 Å². The van der Waals surface area contributed by atoms with Crippen LogP contribution in [0.4, 0.5) is 5.69 Å². The summed E-state index contributed by atoms with van der Waals surface area (Å²) in [4.78, 5) is 35.9. The Morgan fingerprint density at radius 1 is 1.35 bits per heavy atom. The van der Waals surface area contributed by atoms with Crippen LogP contribution in [0, 0.1) is 0 Å².